The molecule has 7 heteroatoms. The first kappa shape index (κ1) is 20.1. The van der Waals surface area contributed by atoms with Gasteiger partial charge in [-0.15, -0.1) is 0 Å². The maximum atomic E-state index is 12.5. The Morgan fingerprint density at radius 1 is 1.07 bits per heavy atom. The Kier molecular flexibility index (Phi) is 5.97. The molecule has 150 valence electrons. The van der Waals surface area contributed by atoms with Crippen molar-refractivity contribution in [1.82, 2.24) is 15.2 Å². The second kappa shape index (κ2) is 8.60. The molecule has 0 unspecified atom stereocenters. The number of hydrogen-bond donors (Lipinski definition) is 1. The summed E-state index contributed by atoms with van der Waals surface area (Å²) in [5.41, 5.74) is 6.76. The van der Waals surface area contributed by atoms with Crippen LogP contribution in [-0.4, -0.2) is 35.3 Å². The van der Waals surface area contributed by atoms with Crippen LogP contribution in [0.1, 0.15) is 39.0 Å². The molecular weight excluding hydrogens is 368 g/mol. The number of hydrazine groups is 1. The van der Waals surface area contributed by atoms with Gasteiger partial charge in [-0.3, -0.25) is 15.2 Å². The van der Waals surface area contributed by atoms with E-state index in [1.54, 1.807) is 54.9 Å². The van der Waals surface area contributed by atoms with Gasteiger partial charge in [-0.2, -0.15) is 5.10 Å². The fourth-order valence-electron chi connectivity index (χ4n) is 3.08. The molecule has 0 saturated carbocycles. The van der Waals surface area contributed by atoms with Crippen molar-refractivity contribution < 1.29 is 14.3 Å². The average Bonchev–Trinajstić information content (AvgIpc) is 3.03. The number of carbonyl (C=O) groups excluding carboxylic acids is 2. The van der Waals surface area contributed by atoms with Crippen LogP contribution >= 0.6 is 0 Å². The zero-order valence-electron chi connectivity index (χ0n) is 17.0. The van der Waals surface area contributed by atoms with Crippen LogP contribution in [-0.2, 0) is 4.74 Å². The van der Waals surface area contributed by atoms with Crippen molar-refractivity contribution in [2.45, 2.75) is 20.8 Å². The maximum Gasteiger partial charge on any atom is 0.341 e. The molecule has 1 amide bonds. The van der Waals surface area contributed by atoms with Gasteiger partial charge in [0.1, 0.15) is 5.56 Å². The fraction of sp³-hybridized carbons (Fsp3) is 0.227. The van der Waals surface area contributed by atoms with Crippen LogP contribution in [0.15, 0.2) is 54.6 Å². The molecule has 3 rings (SSSR count). The third-order valence-corrected chi connectivity index (χ3v) is 4.56. The third kappa shape index (κ3) is 4.29. The minimum atomic E-state index is -0.381. The van der Waals surface area contributed by atoms with Gasteiger partial charge in [-0.25, -0.2) is 9.48 Å². The van der Waals surface area contributed by atoms with Gasteiger partial charge in [0.2, 0.25) is 0 Å². The van der Waals surface area contributed by atoms with Gasteiger partial charge >= 0.3 is 5.97 Å². The smallest absolute Gasteiger partial charge is 0.341 e. The quantitative estimate of drug-likeness (QED) is 0.514. The van der Waals surface area contributed by atoms with E-state index in [9.17, 15) is 9.59 Å². The summed E-state index contributed by atoms with van der Waals surface area (Å²) in [6.45, 7) is 5.68. The van der Waals surface area contributed by atoms with Gasteiger partial charge in [0.15, 0.2) is 0 Å². The summed E-state index contributed by atoms with van der Waals surface area (Å²) in [4.78, 5) is 24.7. The molecule has 0 spiro atoms. The SMILES string of the molecule is CCOC(=O)c1c(C)nn(-c2ccc(C(=O)NN(C)c3ccccc3)cc2)c1C. The largest absolute Gasteiger partial charge is 0.462 e. The van der Waals surface area contributed by atoms with E-state index in [4.69, 9.17) is 4.74 Å². The summed E-state index contributed by atoms with van der Waals surface area (Å²) < 4.78 is 6.79. The van der Waals surface area contributed by atoms with Crippen LogP contribution in [0.4, 0.5) is 5.69 Å². The molecule has 0 bridgehead atoms. The molecule has 29 heavy (non-hydrogen) atoms. The van der Waals surface area contributed by atoms with Crippen molar-refractivity contribution in [3.8, 4) is 5.69 Å². The molecule has 2 aromatic carbocycles. The number of carbonyl (C=O) groups is 2. The summed E-state index contributed by atoms with van der Waals surface area (Å²) in [7, 11) is 1.79. The van der Waals surface area contributed by atoms with Crippen molar-refractivity contribution in [3.05, 3.63) is 77.1 Å². The van der Waals surface area contributed by atoms with E-state index in [0.717, 1.165) is 11.4 Å². The highest BCUT2D eigenvalue weighted by Crippen LogP contribution is 2.19. The lowest BCUT2D eigenvalue weighted by atomic mass is 10.2. The van der Waals surface area contributed by atoms with Crippen LogP contribution < -0.4 is 10.4 Å². The van der Waals surface area contributed by atoms with Crippen molar-refractivity contribution >= 4 is 17.6 Å². The van der Waals surface area contributed by atoms with E-state index < -0.39 is 0 Å². The lowest BCUT2D eigenvalue weighted by molar-refractivity contribution is 0.0524. The molecular formula is C22H24N4O3. The van der Waals surface area contributed by atoms with E-state index in [1.807, 2.05) is 37.3 Å². The highest BCUT2D eigenvalue weighted by atomic mass is 16.5. The first-order chi connectivity index (χ1) is 13.9. The second-order valence-electron chi connectivity index (χ2n) is 6.56. The molecule has 0 aliphatic heterocycles. The molecule has 1 aromatic heterocycles. The predicted molar refractivity (Wildman–Crippen MR) is 111 cm³/mol. The molecule has 0 aliphatic carbocycles. The molecule has 3 aromatic rings. The Morgan fingerprint density at radius 3 is 2.34 bits per heavy atom. The summed E-state index contributed by atoms with van der Waals surface area (Å²) in [5, 5.41) is 6.12. The number of anilines is 1. The Hall–Kier alpha value is -3.61. The molecule has 1 N–H and O–H groups in total. The number of ether oxygens (including phenoxy) is 1. The standard InChI is InChI=1S/C22H24N4O3/c1-5-29-22(28)20-15(2)23-26(16(20)3)19-13-11-17(12-14-19)21(27)24-25(4)18-9-7-6-8-10-18/h6-14H,5H2,1-4H3,(H,24,27). The lowest BCUT2D eigenvalue weighted by Gasteiger charge is -2.20. The number of benzene rings is 2. The number of aryl methyl sites for hydroxylation is 1. The Bertz CT molecular complexity index is 1010. The first-order valence-corrected chi connectivity index (χ1v) is 9.36. The van der Waals surface area contributed by atoms with Crippen molar-refractivity contribution in [1.29, 1.82) is 0 Å². The van der Waals surface area contributed by atoms with Gasteiger partial charge in [0, 0.05) is 12.6 Å². The highest BCUT2D eigenvalue weighted by molar-refractivity contribution is 5.95. The molecule has 0 saturated heterocycles. The second-order valence-corrected chi connectivity index (χ2v) is 6.56. The number of rotatable bonds is 6. The minimum Gasteiger partial charge on any atom is -0.462 e. The topological polar surface area (TPSA) is 76.5 Å². The van der Waals surface area contributed by atoms with E-state index in [1.165, 1.54) is 0 Å². The predicted octanol–water partition coefficient (Wildman–Crippen LogP) is 3.45. The average molecular weight is 392 g/mol. The number of nitrogens with one attached hydrogen (secondary N) is 1. The van der Waals surface area contributed by atoms with E-state index >= 15 is 0 Å². The number of nitrogens with zero attached hydrogens (tertiary/aromatic N) is 3. The number of amides is 1. The van der Waals surface area contributed by atoms with Gasteiger partial charge in [0.05, 0.1) is 29.4 Å². The highest BCUT2D eigenvalue weighted by Gasteiger charge is 2.20. The normalized spacial score (nSPS) is 10.5. The summed E-state index contributed by atoms with van der Waals surface area (Å²) >= 11 is 0. The lowest BCUT2D eigenvalue weighted by Crippen LogP contribution is -2.39. The van der Waals surface area contributed by atoms with Gasteiger partial charge < -0.3 is 4.74 Å². The van der Waals surface area contributed by atoms with Gasteiger partial charge in [-0.1, -0.05) is 18.2 Å². The van der Waals surface area contributed by atoms with Crippen LogP contribution in [0.2, 0.25) is 0 Å². The van der Waals surface area contributed by atoms with Crippen molar-refractivity contribution in [3.63, 3.8) is 0 Å². The Balaban J connectivity index is 1.78. The molecule has 0 atom stereocenters. The number of aromatic nitrogens is 2. The molecule has 0 fully saturated rings. The molecule has 7 nitrogen and oxygen atoms in total. The maximum absolute atomic E-state index is 12.5. The van der Waals surface area contributed by atoms with Crippen LogP contribution in [0.5, 0.6) is 0 Å². The molecule has 1 heterocycles. The number of para-hydroxylation sites is 1. The monoisotopic (exact) mass is 392 g/mol. The summed E-state index contributed by atoms with van der Waals surface area (Å²) in [5.74, 6) is -0.600. The van der Waals surface area contributed by atoms with Crippen LogP contribution in [0, 0.1) is 13.8 Å². The van der Waals surface area contributed by atoms with Crippen LogP contribution in [0.25, 0.3) is 5.69 Å². The van der Waals surface area contributed by atoms with Crippen molar-refractivity contribution in [2.75, 3.05) is 18.7 Å². The van der Waals surface area contributed by atoms with E-state index in [-0.39, 0.29) is 11.9 Å². The fourth-order valence-corrected chi connectivity index (χ4v) is 3.08. The van der Waals surface area contributed by atoms with E-state index in [0.29, 0.717) is 29.1 Å². The summed E-state index contributed by atoms with van der Waals surface area (Å²) in [6, 6.07) is 16.6. The molecule has 0 radical (unpaired) electrons. The number of hydrogen-bond acceptors (Lipinski definition) is 5. The van der Waals surface area contributed by atoms with E-state index in [2.05, 4.69) is 10.5 Å². The summed E-state index contributed by atoms with van der Waals surface area (Å²) in [6.07, 6.45) is 0. The molecule has 0 aliphatic rings. The Labute approximate surface area is 169 Å². The Morgan fingerprint density at radius 2 is 1.72 bits per heavy atom. The third-order valence-electron chi connectivity index (χ3n) is 4.56. The zero-order chi connectivity index (χ0) is 21.0. The van der Waals surface area contributed by atoms with Crippen LogP contribution in [0.3, 0.4) is 0 Å². The number of esters is 1. The van der Waals surface area contributed by atoms with Gasteiger partial charge in [0.25, 0.3) is 5.91 Å². The first-order valence-electron chi connectivity index (χ1n) is 9.36. The van der Waals surface area contributed by atoms with Crippen molar-refractivity contribution in [2.24, 2.45) is 0 Å². The van der Waals surface area contributed by atoms with Gasteiger partial charge in [-0.05, 0) is 57.2 Å². The minimum absolute atomic E-state index is 0.219. The zero-order valence-corrected chi connectivity index (χ0v) is 17.0.